The Labute approximate surface area is 221 Å². The number of benzene rings is 1. The van der Waals surface area contributed by atoms with Crippen LogP contribution in [0.3, 0.4) is 0 Å². The zero-order valence-corrected chi connectivity index (χ0v) is 22.4. The number of para-hydroxylation sites is 2. The largest absolute Gasteiger partial charge is 0.513 e. The van der Waals surface area contributed by atoms with Crippen LogP contribution in [0.5, 0.6) is 0 Å². The smallest absolute Gasteiger partial charge is 0.294 e. The molecule has 200 valence electrons. The van der Waals surface area contributed by atoms with E-state index in [1.54, 1.807) is 0 Å². The highest BCUT2D eigenvalue weighted by atomic mass is 16.3. The lowest BCUT2D eigenvalue weighted by Crippen LogP contribution is -2.57. The number of hydrogen-bond donors (Lipinski definition) is 1. The molecule has 6 rings (SSSR count). The van der Waals surface area contributed by atoms with Crippen molar-refractivity contribution in [2.75, 3.05) is 18.0 Å². The first kappa shape index (κ1) is 25.0. The van der Waals surface area contributed by atoms with Crippen LogP contribution in [0.4, 0.5) is 5.82 Å². The molecule has 3 atom stereocenters. The van der Waals surface area contributed by atoms with Crippen molar-refractivity contribution >= 4 is 16.9 Å². The number of anilines is 1. The van der Waals surface area contributed by atoms with E-state index in [2.05, 4.69) is 22.1 Å². The molecular weight excluding hydrogens is 460 g/mol. The maximum Gasteiger partial charge on any atom is 0.294 e. The van der Waals surface area contributed by atoms with Crippen LogP contribution in [-0.4, -0.2) is 50.8 Å². The summed E-state index contributed by atoms with van der Waals surface area (Å²) in [5, 5.41) is 9.79. The molecule has 1 N–H and O–H groups in total. The average Bonchev–Trinajstić information content (AvgIpc) is 2.86. The molecule has 4 heterocycles. The maximum atomic E-state index is 14.0. The second-order valence-corrected chi connectivity index (χ2v) is 12.2. The molecule has 1 aromatic heterocycles. The Kier molecular flexibility index (Phi) is 7.29. The molecule has 37 heavy (non-hydrogen) atoms. The van der Waals surface area contributed by atoms with Crippen molar-refractivity contribution in [3.8, 4) is 0 Å². The van der Waals surface area contributed by atoms with Crippen LogP contribution in [0.2, 0.25) is 0 Å². The predicted octanol–water partition coefficient (Wildman–Crippen LogP) is 6.36. The van der Waals surface area contributed by atoms with Crippen molar-refractivity contribution in [3.63, 3.8) is 0 Å². The van der Waals surface area contributed by atoms with E-state index >= 15 is 0 Å². The molecule has 6 nitrogen and oxygen atoms in total. The first-order chi connectivity index (χ1) is 18.1. The number of aliphatic hydroxyl groups is 1. The molecule has 1 saturated carbocycles. The Hall–Kier alpha value is -2.34. The van der Waals surface area contributed by atoms with Crippen molar-refractivity contribution in [3.05, 3.63) is 47.0 Å². The van der Waals surface area contributed by atoms with Gasteiger partial charge in [-0.1, -0.05) is 70.1 Å². The fraction of sp³-hybridized carbons (Fsp3) is 0.677. The first-order valence-electron chi connectivity index (χ1n) is 15.0. The summed E-state index contributed by atoms with van der Waals surface area (Å²) in [6.45, 7) is 4.91. The van der Waals surface area contributed by atoms with Crippen molar-refractivity contribution in [2.45, 2.75) is 114 Å². The highest BCUT2D eigenvalue weighted by Gasteiger charge is 2.43. The van der Waals surface area contributed by atoms with Crippen LogP contribution in [0.1, 0.15) is 95.9 Å². The van der Waals surface area contributed by atoms with Gasteiger partial charge in [-0.05, 0) is 50.7 Å². The summed E-state index contributed by atoms with van der Waals surface area (Å²) in [6.07, 6.45) is 18.5. The van der Waals surface area contributed by atoms with Gasteiger partial charge in [0.2, 0.25) is 0 Å². The van der Waals surface area contributed by atoms with Gasteiger partial charge in [0.1, 0.15) is 0 Å². The molecule has 0 radical (unpaired) electrons. The SMILES string of the molecule is C=C(O)C1CN(c2nc3ccccc3n([C@H]3C[C@H]4CCC[C@@H](C3)N4C3CCCCCCCCC3)c2=O)C1. The molecule has 0 amide bonds. The van der Waals surface area contributed by atoms with Crippen LogP contribution in [0, 0.1) is 5.92 Å². The molecule has 0 unspecified atom stereocenters. The van der Waals surface area contributed by atoms with Crippen LogP contribution >= 0.6 is 0 Å². The van der Waals surface area contributed by atoms with Gasteiger partial charge in [-0.15, -0.1) is 0 Å². The number of aliphatic hydroxyl groups excluding tert-OH is 1. The lowest BCUT2D eigenvalue weighted by atomic mass is 9.79. The topological polar surface area (TPSA) is 61.6 Å². The van der Waals surface area contributed by atoms with E-state index in [0.29, 0.717) is 31.0 Å². The summed E-state index contributed by atoms with van der Waals surface area (Å²) < 4.78 is 2.11. The quantitative estimate of drug-likeness (QED) is 0.491. The lowest BCUT2D eigenvalue weighted by molar-refractivity contribution is -0.0239. The lowest BCUT2D eigenvalue weighted by Gasteiger charge is -2.53. The van der Waals surface area contributed by atoms with Crippen molar-refractivity contribution in [1.82, 2.24) is 14.5 Å². The molecule has 1 aliphatic carbocycles. The van der Waals surface area contributed by atoms with Crippen LogP contribution < -0.4 is 10.5 Å². The number of fused-ring (bicyclic) bond motifs is 3. The molecule has 1 aromatic carbocycles. The van der Waals surface area contributed by atoms with E-state index in [9.17, 15) is 9.90 Å². The molecule has 3 aliphatic heterocycles. The molecule has 6 heteroatoms. The molecule has 0 spiro atoms. The third-order valence-corrected chi connectivity index (χ3v) is 9.80. The highest BCUT2D eigenvalue weighted by molar-refractivity contribution is 5.76. The minimum absolute atomic E-state index is 0.0287. The summed E-state index contributed by atoms with van der Waals surface area (Å²) in [7, 11) is 0. The van der Waals surface area contributed by atoms with Crippen molar-refractivity contribution in [2.24, 2.45) is 5.92 Å². The van der Waals surface area contributed by atoms with Gasteiger partial charge in [-0.3, -0.25) is 9.69 Å². The highest BCUT2D eigenvalue weighted by Crippen LogP contribution is 2.43. The van der Waals surface area contributed by atoms with Gasteiger partial charge in [0.15, 0.2) is 5.82 Å². The molecular formula is C31H44N4O2. The number of hydrogen-bond acceptors (Lipinski definition) is 5. The molecule has 2 bridgehead atoms. The number of aromatic nitrogens is 2. The third kappa shape index (κ3) is 4.94. The molecule has 4 aliphatic rings. The van der Waals surface area contributed by atoms with E-state index in [1.807, 2.05) is 23.1 Å². The standard InChI is InChI=1S/C31H44N4O2/c1-22(36)23-20-33(21-23)30-31(37)35(29-17-10-9-16-28(29)32-30)27-18-25-14-11-15-26(19-27)34(25)24-12-7-5-3-2-4-6-8-13-24/h9-10,16-17,23-27,36H,1-8,11-15,18-21H2/t25-,26+,27+. The Morgan fingerprint density at radius 1 is 0.811 bits per heavy atom. The van der Waals surface area contributed by atoms with E-state index in [0.717, 1.165) is 29.9 Å². The van der Waals surface area contributed by atoms with Gasteiger partial charge in [-0.2, -0.15) is 0 Å². The number of nitrogens with zero attached hydrogens (tertiary/aromatic N) is 4. The second-order valence-electron chi connectivity index (χ2n) is 12.2. The van der Waals surface area contributed by atoms with E-state index in [4.69, 9.17) is 4.98 Å². The maximum absolute atomic E-state index is 14.0. The fourth-order valence-corrected chi connectivity index (χ4v) is 7.85. The Morgan fingerprint density at radius 3 is 2.05 bits per heavy atom. The van der Waals surface area contributed by atoms with E-state index in [-0.39, 0.29) is 23.3 Å². The average molecular weight is 505 g/mol. The van der Waals surface area contributed by atoms with Gasteiger partial charge in [0.25, 0.3) is 5.56 Å². The monoisotopic (exact) mass is 504 g/mol. The predicted molar refractivity (Wildman–Crippen MR) is 150 cm³/mol. The summed E-state index contributed by atoms with van der Waals surface area (Å²) in [6, 6.07) is 10.3. The van der Waals surface area contributed by atoms with Crippen LogP contribution in [-0.2, 0) is 0 Å². The normalized spacial score (nSPS) is 28.6. The number of piperidine rings is 2. The third-order valence-electron chi connectivity index (χ3n) is 9.80. The van der Waals surface area contributed by atoms with Gasteiger partial charge in [0.05, 0.1) is 22.7 Å². The van der Waals surface area contributed by atoms with E-state index in [1.165, 1.54) is 77.0 Å². The fourth-order valence-electron chi connectivity index (χ4n) is 7.85. The summed E-state index contributed by atoms with van der Waals surface area (Å²) in [4.78, 5) is 23.8. The van der Waals surface area contributed by atoms with Crippen LogP contribution in [0.15, 0.2) is 41.4 Å². The molecule has 2 aromatic rings. The van der Waals surface area contributed by atoms with Gasteiger partial charge in [-0.25, -0.2) is 4.98 Å². The second kappa shape index (κ2) is 10.8. The van der Waals surface area contributed by atoms with Crippen molar-refractivity contribution in [1.29, 1.82) is 0 Å². The molecule has 3 saturated heterocycles. The van der Waals surface area contributed by atoms with Gasteiger partial charge in [0, 0.05) is 37.3 Å². The first-order valence-corrected chi connectivity index (χ1v) is 15.0. The zero-order valence-electron chi connectivity index (χ0n) is 22.4. The minimum Gasteiger partial charge on any atom is -0.513 e. The summed E-state index contributed by atoms with van der Waals surface area (Å²) >= 11 is 0. The van der Waals surface area contributed by atoms with E-state index < -0.39 is 0 Å². The Bertz CT molecular complexity index is 1150. The van der Waals surface area contributed by atoms with Crippen LogP contribution in [0.25, 0.3) is 11.0 Å². The Morgan fingerprint density at radius 2 is 1.41 bits per heavy atom. The minimum atomic E-state index is 0.0287. The number of rotatable bonds is 4. The van der Waals surface area contributed by atoms with Gasteiger partial charge >= 0.3 is 0 Å². The van der Waals surface area contributed by atoms with Crippen molar-refractivity contribution < 1.29 is 5.11 Å². The van der Waals surface area contributed by atoms with Gasteiger partial charge < -0.3 is 14.6 Å². The Balaban J connectivity index is 1.29. The summed E-state index contributed by atoms with van der Waals surface area (Å²) in [5.74, 6) is 0.773. The zero-order chi connectivity index (χ0) is 25.4. The molecule has 4 fully saturated rings. The summed E-state index contributed by atoms with van der Waals surface area (Å²) in [5.41, 5.74) is 1.90.